The maximum absolute atomic E-state index is 11.2. The zero-order valence-electron chi connectivity index (χ0n) is 12.5. The van der Waals surface area contributed by atoms with Gasteiger partial charge in [-0.1, -0.05) is 20.8 Å². The van der Waals surface area contributed by atoms with Crippen LogP contribution in [0.2, 0.25) is 0 Å². The highest BCUT2D eigenvalue weighted by molar-refractivity contribution is 5.79. The van der Waals surface area contributed by atoms with Crippen LogP contribution in [0, 0.1) is 5.41 Å². The predicted octanol–water partition coefficient (Wildman–Crippen LogP) is 1.42. The van der Waals surface area contributed by atoms with Gasteiger partial charge in [0.25, 0.3) is 5.91 Å². The largest absolute Gasteiger partial charge is 0.398 e. The first-order valence-electron chi connectivity index (χ1n) is 6.73. The molecule has 1 amide bonds. The molecule has 2 heterocycles. The minimum absolute atomic E-state index is 0.0454. The van der Waals surface area contributed by atoms with E-state index in [1.807, 2.05) is 10.5 Å². The lowest BCUT2D eigenvalue weighted by Crippen LogP contribution is -2.27. The fraction of sp³-hybridized carbons (Fsp3) is 0.429. The van der Waals surface area contributed by atoms with E-state index < -0.39 is 5.91 Å². The Morgan fingerprint density at radius 2 is 2.14 bits per heavy atom. The molecule has 7 heteroatoms. The lowest BCUT2D eigenvalue weighted by atomic mass is 9.90. The van der Waals surface area contributed by atoms with E-state index in [2.05, 4.69) is 31.1 Å². The molecule has 0 unspecified atom stereocenters. The molecule has 0 aromatic carbocycles. The molecular formula is C14H21N5O2. The van der Waals surface area contributed by atoms with Gasteiger partial charge in [0.05, 0.1) is 12.2 Å². The molecule has 0 aliphatic carbocycles. The number of carbonyl (C=O) groups excluding carboxylic acids is 1. The molecule has 0 radical (unpaired) electrons. The number of hydrogen-bond donors (Lipinski definition) is 4. The van der Waals surface area contributed by atoms with Gasteiger partial charge >= 0.3 is 0 Å². The Labute approximate surface area is 123 Å². The summed E-state index contributed by atoms with van der Waals surface area (Å²) in [6.45, 7) is 6.32. The molecule has 114 valence electrons. The van der Waals surface area contributed by atoms with Crippen LogP contribution in [0.25, 0.3) is 5.65 Å². The summed E-state index contributed by atoms with van der Waals surface area (Å²) in [6, 6.07) is 3.62. The van der Waals surface area contributed by atoms with Crippen molar-refractivity contribution in [1.29, 1.82) is 0 Å². The molecule has 0 aliphatic rings. The number of fused-ring (bicyclic) bond motifs is 1. The SMILES string of the molecule is CC(C)(C)Cc1nc2ccc(N)cn2c1NCC(=O)NO. The van der Waals surface area contributed by atoms with Crippen molar-refractivity contribution in [1.82, 2.24) is 14.9 Å². The highest BCUT2D eigenvalue weighted by atomic mass is 16.5. The second kappa shape index (κ2) is 5.61. The third-order valence-corrected chi connectivity index (χ3v) is 2.95. The third-order valence-electron chi connectivity index (χ3n) is 2.95. The van der Waals surface area contributed by atoms with E-state index in [1.165, 1.54) is 0 Å². The molecule has 2 aromatic heterocycles. The number of rotatable bonds is 4. The second-order valence-electron chi connectivity index (χ2n) is 6.22. The van der Waals surface area contributed by atoms with E-state index in [1.54, 1.807) is 17.7 Å². The lowest BCUT2D eigenvalue weighted by Gasteiger charge is -2.17. The maximum atomic E-state index is 11.2. The van der Waals surface area contributed by atoms with Gasteiger partial charge in [0.1, 0.15) is 11.5 Å². The van der Waals surface area contributed by atoms with Gasteiger partial charge in [-0.2, -0.15) is 0 Å². The van der Waals surface area contributed by atoms with E-state index in [-0.39, 0.29) is 12.0 Å². The lowest BCUT2D eigenvalue weighted by molar-refractivity contribution is -0.127. The number of nitrogens with one attached hydrogen (secondary N) is 2. The Balaban J connectivity index is 2.43. The summed E-state index contributed by atoms with van der Waals surface area (Å²) in [5.41, 5.74) is 9.70. The van der Waals surface area contributed by atoms with Gasteiger partial charge in [0.2, 0.25) is 0 Å². The van der Waals surface area contributed by atoms with Gasteiger partial charge < -0.3 is 11.1 Å². The standard InChI is InChI=1S/C14H21N5O2/c1-14(2,3)6-10-13(16-7-12(20)18-21)19-8-9(15)4-5-11(19)17-10/h4-5,8,16,21H,6-7,15H2,1-3H3,(H,18,20). The van der Waals surface area contributed by atoms with Crippen molar-refractivity contribution in [2.75, 3.05) is 17.6 Å². The Hall–Kier alpha value is -2.28. The molecule has 7 nitrogen and oxygen atoms in total. The fourth-order valence-corrected chi connectivity index (χ4v) is 2.13. The van der Waals surface area contributed by atoms with Crippen LogP contribution in [0.3, 0.4) is 0 Å². The number of hydrogen-bond acceptors (Lipinski definition) is 5. The fourth-order valence-electron chi connectivity index (χ4n) is 2.13. The van der Waals surface area contributed by atoms with Crippen molar-refractivity contribution in [3.05, 3.63) is 24.0 Å². The topological polar surface area (TPSA) is 105 Å². The highest BCUT2D eigenvalue weighted by Gasteiger charge is 2.19. The van der Waals surface area contributed by atoms with E-state index in [0.717, 1.165) is 23.6 Å². The molecule has 2 rings (SSSR count). The normalized spacial score (nSPS) is 11.6. The van der Waals surface area contributed by atoms with Crippen LogP contribution in [0.4, 0.5) is 11.5 Å². The average molecular weight is 291 g/mol. The molecule has 0 saturated carbocycles. The number of hydroxylamine groups is 1. The van der Waals surface area contributed by atoms with E-state index in [4.69, 9.17) is 10.9 Å². The van der Waals surface area contributed by atoms with Crippen LogP contribution < -0.4 is 16.5 Å². The van der Waals surface area contributed by atoms with Crippen LogP contribution in [0.5, 0.6) is 0 Å². The average Bonchev–Trinajstić information content (AvgIpc) is 2.70. The van der Waals surface area contributed by atoms with Crippen molar-refractivity contribution in [3.8, 4) is 0 Å². The summed E-state index contributed by atoms with van der Waals surface area (Å²) in [7, 11) is 0. The number of carbonyl (C=O) groups is 1. The van der Waals surface area contributed by atoms with Gasteiger partial charge in [-0.3, -0.25) is 14.4 Å². The molecule has 0 atom stereocenters. The number of imidazole rings is 1. The summed E-state index contributed by atoms with van der Waals surface area (Å²) in [5, 5.41) is 11.6. The van der Waals surface area contributed by atoms with Crippen LogP contribution in [-0.4, -0.2) is 27.0 Å². The van der Waals surface area contributed by atoms with E-state index in [9.17, 15) is 4.79 Å². The van der Waals surface area contributed by atoms with Crippen molar-refractivity contribution in [2.24, 2.45) is 5.41 Å². The number of aromatic nitrogens is 2. The molecule has 0 spiro atoms. The Morgan fingerprint density at radius 3 is 2.76 bits per heavy atom. The molecular weight excluding hydrogens is 270 g/mol. The first-order chi connectivity index (χ1) is 9.80. The van der Waals surface area contributed by atoms with Crippen molar-refractivity contribution >= 4 is 23.1 Å². The number of nitrogens with two attached hydrogens (primary N) is 1. The molecule has 21 heavy (non-hydrogen) atoms. The Morgan fingerprint density at radius 1 is 1.43 bits per heavy atom. The third kappa shape index (κ3) is 3.63. The molecule has 0 bridgehead atoms. The van der Waals surface area contributed by atoms with E-state index >= 15 is 0 Å². The van der Waals surface area contributed by atoms with Crippen molar-refractivity contribution in [2.45, 2.75) is 27.2 Å². The van der Waals surface area contributed by atoms with Crippen LogP contribution in [0.1, 0.15) is 26.5 Å². The smallest absolute Gasteiger partial charge is 0.262 e. The second-order valence-corrected chi connectivity index (χ2v) is 6.22. The molecule has 0 fully saturated rings. The van der Waals surface area contributed by atoms with Gasteiger partial charge in [-0.05, 0) is 24.0 Å². The minimum Gasteiger partial charge on any atom is -0.398 e. The number of amides is 1. The van der Waals surface area contributed by atoms with E-state index in [0.29, 0.717) is 5.69 Å². The summed E-state index contributed by atoms with van der Waals surface area (Å²) < 4.78 is 1.82. The van der Waals surface area contributed by atoms with Gasteiger partial charge in [-0.15, -0.1) is 0 Å². The number of anilines is 2. The van der Waals surface area contributed by atoms with Crippen LogP contribution in [-0.2, 0) is 11.2 Å². The minimum atomic E-state index is -0.518. The molecule has 2 aromatic rings. The highest BCUT2D eigenvalue weighted by Crippen LogP contribution is 2.27. The van der Waals surface area contributed by atoms with Crippen LogP contribution >= 0.6 is 0 Å². The maximum Gasteiger partial charge on any atom is 0.262 e. The monoisotopic (exact) mass is 291 g/mol. The van der Waals surface area contributed by atoms with Crippen LogP contribution in [0.15, 0.2) is 18.3 Å². The first kappa shape index (κ1) is 15.1. The molecule has 0 aliphatic heterocycles. The summed E-state index contributed by atoms with van der Waals surface area (Å²) in [5.74, 6) is 0.200. The first-order valence-corrected chi connectivity index (χ1v) is 6.73. The number of nitrogen functional groups attached to an aromatic ring is 1. The Bertz CT molecular complexity index is 657. The zero-order valence-corrected chi connectivity index (χ0v) is 12.5. The van der Waals surface area contributed by atoms with Crippen molar-refractivity contribution < 1.29 is 10.0 Å². The van der Waals surface area contributed by atoms with Gasteiger partial charge in [-0.25, -0.2) is 10.5 Å². The summed E-state index contributed by atoms with van der Waals surface area (Å²) >= 11 is 0. The number of nitrogens with zero attached hydrogens (tertiary/aromatic N) is 2. The summed E-state index contributed by atoms with van der Waals surface area (Å²) in [4.78, 5) is 15.8. The van der Waals surface area contributed by atoms with Gasteiger partial charge in [0.15, 0.2) is 0 Å². The predicted molar refractivity (Wildman–Crippen MR) is 81.2 cm³/mol. The number of pyridine rings is 1. The molecule has 0 saturated heterocycles. The van der Waals surface area contributed by atoms with Crippen molar-refractivity contribution in [3.63, 3.8) is 0 Å². The summed E-state index contributed by atoms with van der Waals surface area (Å²) in [6.07, 6.45) is 2.51. The molecule has 5 N–H and O–H groups in total. The Kier molecular flexibility index (Phi) is 4.04. The van der Waals surface area contributed by atoms with Gasteiger partial charge in [0, 0.05) is 11.9 Å². The zero-order chi connectivity index (χ0) is 15.6. The quantitative estimate of drug-likeness (QED) is 0.504.